The van der Waals surface area contributed by atoms with Crippen LogP contribution in [0.2, 0.25) is 0 Å². The average molecular weight is 142 g/mol. The number of allylic oxidation sites excluding steroid dienone is 2. The number of carbonyl (C=O) groups is 2. The Balaban J connectivity index is 3.99. The second-order valence-electron chi connectivity index (χ2n) is 1.97. The normalized spacial score (nSPS) is 11.2. The minimum atomic E-state index is -1.08. The van der Waals surface area contributed by atoms with Crippen LogP contribution in [0.5, 0.6) is 0 Å². The largest absolute Gasteiger partial charge is 0.481 e. The van der Waals surface area contributed by atoms with Crippen molar-refractivity contribution in [2.75, 3.05) is 0 Å². The Morgan fingerprint density at radius 3 is 2.30 bits per heavy atom. The standard InChI is InChI=1S/C7H10O3/c1-3-5(2)6(8)4-7(9)10/h3H,4H2,1-2H3,(H,9,10). The Hall–Kier alpha value is -1.12. The van der Waals surface area contributed by atoms with E-state index < -0.39 is 12.4 Å². The zero-order valence-electron chi connectivity index (χ0n) is 6.05. The van der Waals surface area contributed by atoms with Crippen molar-refractivity contribution in [3.05, 3.63) is 11.6 Å². The van der Waals surface area contributed by atoms with Gasteiger partial charge in [0.05, 0.1) is 0 Å². The quantitative estimate of drug-likeness (QED) is 0.472. The smallest absolute Gasteiger partial charge is 0.311 e. The third-order valence-electron chi connectivity index (χ3n) is 1.18. The predicted molar refractivity (Wildman–Crippen MR) is 36.7 cm³/mol. The van der Waals surface area contributed by atoms with Gasteiger partial charge in [-0.2, -0.15) is 0 Å². The molecule has 0 fully saturated rings. The molecule has 0 rings (SSSR count). The molecule has 0 aromatic heterocycles. The lowest BCUT2D eigenvalue weighted by Gasteiger charge is -1.93. The van der Waals surface area contributed by atoms with Crippen LogP contribution < -0.4 is 0 Å². The molecule has 3 nitrogen and oxygen atoms in total. The van der Waals surface area contributed by atoms with Gasteiger partial charge in [-0.1, -0.05) is 6.08 Å². The first kappa shape index (κ1) is 8.88. The maximum atomic E-state index is 10.7. The van der Waals surface area contributed by atoms with Crippen LogP contribution in [0.15, 0.2) is 11.6 Å². The van der Waals surface area contributed by atoms with E-state index in [-0.39, 0.29) is 5.78 Å². The van der Waals surface area contributed by atoms with E-state index >= 15 is 0 Å². The Bertz CT molecular complexity index is 179. The van der Waals surface area contributed by atoms with Crippen molar-refractivity contribution in [3.63, 3.8) is 0 Å². The van der Waals surface area contributed by atoms with Crippen LogP contribution in [0.1, 0.15) is 20.3 Å². The summed E-state index contributed by atoms with van der Waals surface area (Å²) in [4.78, 5) is 20.7. The van der Waals surface area contributed by atoms with E-state index in [1.165, 1.54) is 0 Å². The summed E-state index contributed by atoms with van der Waals surface area (Å²) >= 11 is 0. The molecule has 1 N–H and O–H groups in total. The van der Waals surface area contributed by atoms with E-state index in [1.807, 2.05) is 0 Å². The fraction of sp³-hybridized carbons (Fsp3) is 0.429. The fourth-order valence-corrected chi connectivity index (χ4v) is 0.438. The number of aliphatic carboxylic acids is 1. The van der Waals surface area contributed by atoms with Gasteiger partial charge in [-0.15, -0.1) is 0 Å². The molecule has 3 heteroatoms. The molecular weight excluding hydrogens is 132 g/mol. The molecule has 0 unspecified atom stereocenters. The van der Waals surface area contributed by atoms with Gasteiger partial charge in [-0.25, -0.2) is 0 Å². The number of hydrogen-bond donors (Lipinski definition) is 1. The molecule has 0 aromatic carbocycles. The van der Waals surface area contributed by atoms with Gasteiger partial charge < -0.3 is 5.11 Å². The highest BCUT2D eigenvalue weighted by molar-refractivity contribution is 6.04. The molecule has 0 saturated carbocycles. The second kappa shape index (κ2) is 3.82. The van der Waals surface area contributed by atoms with Crippen molar-refractivity contribution < 1.29 is 14.7 Å². The molecular formula is C7H10O3. The molecule has 0 radical (unpaired) electrons. The van der Waals surface area contributed by atoms with E-state index in [1.54, 1.807) is 19.9 Å². The van der Waals surface area contributed by atoms with Gasteiger partial charge in [0, 0.05) is 0 Å². The SMILES string of the molecule is CC=C(C)C(=O)CC(=O)O. The molecule has 10 heavy (non-hydrogen) atoms. The number of carboxylic acids is 1. The Morgan fingerprint density at radius 1 is 1.50 bits per heavy atom. The predicted octanol–water partition coefficient (Wildman–Crippen LogP) is 0.996. The van der Waals surface area contributed by atoms with Crippen molar-refractivity contribution in [1.82, 2.24) is 0 Å². The second-order valence-corrected chi connectivity index (χ2v) is 1.97. The van der Waals surface area contributed by atoms with Crippen LogP contribution in [0.4, 0.5) is 0 Å². The Morgan fingerprint density at radius 2 is 2.00 bits per heavy atom. The summed E-state index contributed by atoms with van der Waals surface area (Å²) in [5.74, 6) is -1.40. The lowest BCUT2D eigenvalue weighted by atomic mass is 10.1. The molecule has 0 amide bonds. The summed E-state index contributed by atoms with van der Waals surface area (Å²) in [6.07, 6.45) is 1.20. The van der Waals surface area contributed by atoms with Crippen LogP contribution in [-0.4, -0.2) is 16.9 Å². The third kappa shape index (κ3) is 3.02. The molecule has 0 spiro atoms. The van der Waals surface area contributed by atoms with Crippen molar-refractivity contribution >= 4 is 11.8 Å². The highest BCUT2D eigenvalue weighted by Gasteiger charge is 2.07. The lowest BCUT2D eigenvalue weighted by Crippen LogP contribution is -2.06. The van der Waals surface area contributed by atoms with Gasteiger partial charge in [0.2, 0.25) is 0 Å². The molecule has 0 atom stereocenters. The fourth-order valence-electron chi connectivity index (χ4n) is 0.438. The Labute approximate surface area is 59.4 Å². The monoisotopic (exact) mass is 142 g/mol. The highest BCUT2D eigenvalue weighted by Crippen LogP contribution is 1.97. The van der Waals surface area contributed by atoms with E-state index in [9.17, 15) is 9.59 Å². The first-order valence-corrected chi connectivity index (χ1v) is 2.95. The molecule has 0 aliphatic rings. The minimum Gasteiger partial charge on any atom is -0.481 e. The number of Topliss-reactive ketones (excluding diaryl/α,β-unsaturated/α-hetero) is 1. The number of ketones is 1. The van der Waals surface area contributed by atoms with Crippen LogP contribution in [0.25, 0.3) is 0 Å². The molecule has 0 heterocycles. The van der Waals surface area contributed by atoms with Gasteiger partial charge in [0.15, 0.2) is 5.78 Å². The zero-order valence-corrected chi connectivity index (χ0v) is 6.05. The molecule has 0 saturated heterocycles. The molecule has 0 aliphatic carbocycles. The molecule has 56 valence electrons. The van der Waals surface area contributed by atoms with E-state index in [4.69, 9.17) is 5.11 Å². The van der Waals surface area contributed by atoms with Gasteiger partial charge in [0.25, 0.3) is 0 Å². The van der Waals surface area contributed by atoms with Gasteiger partial charge in [-0.05, 0) is 19.4 Å². The van der Waals surface area contributed by atoms with Crippen molar-refractivity contribution in [3.8, 4) is 0 Å². The average Bonchev–Trinajstić information content (AvgIpc) is 1.85. The van der Waals surface area contributed by atoms with E-state index in [0.717, 1.165) is 0 Å². The van der Waals surface area contributed by atoms with Gasteiger partial charge in [0.1, 0.15) is 6.42 Å². The summed E-state index contributed by atoms with van der Waals surface area (Å²) in [7, 11) is 0. The number of carboxylic acid groups (broad SMARTS) is 1. The summed E-state index contributed by atoms with van der Waals surface area (Å²) in [6.45, 7) is 3.31. The molecule has 0 aliphatic heterocycles. The first-order chi connectivity index (χ1) is 4.57. The minimum absolute atomic E-state index is 0.324. The van der Waals surface area contributed by atoms with Crippen molar-refractivity contribution in [2.45, 2.75) is 20.3 Å². The van der Waals surface area contributed by atoms with Crippen LogP contribution in [0.3, 0.4) is 0 Å². The summed E-state index contributed by atoms with van der Waals surface area (Å²) in [5.41, 5.74) is 0.502. The van der Waals surface area contributed by atoms with E-state index in [2.05, 4.69) is 0 Å². The third-order valence-corrected chi connectivity index (χ3v) is 1.18. The van der Waals surface area contributed by atoms with Crippen molar-refractivity contribution in [1.29, 1.82) is 0 Å². The number of carbonyl (C=O) groups excluding carboxylic acids is 1. The van der Waals surface area contributed by atoms with Crippen LogP contribution in [-0.2, 0) is 9.59 Å². The van der Waals surface area contributed by atoms with Crippen LogP contribution >= 0.6 is 0 Å². The first-order valence-electron chi connectivity index (χ1n) is 2.95. The van der Waals surface area contributed by atoms with Gasteiger partial charge in [-0.3, -0.25) is 9.59 Å². The summed E-state index contributed by atoms with van der Waals surface area (Å²) in [5, 5.41) is 8.18. The summed E-state index contributed by atoms with van der Waals surface area (Å²) < 4.78 is 0. The molecule has 0 aromatic rings. The maximum absolute atomic E-state index is 10.7. The van der Waals surface area contributed by atoms with Gasteiger partial charge >= 0.3 is 5.97 Å². The van der Waals surface area contributed by atoms with E-state index in [0.29, 0.717) is 5.57 Å². The number of hydrogen-bond acceptors (Lipinski definition) is 2. The zero-order chi connectivity index (χ0) is 8.15. The summed E-state index contributed by atoms with van der Waals surface area (Å²) in [6, 6.07) is 0. The van der Waals surface area contributed by atoms with Crippen LogP contribution in [0, 0.1) is 0 Å². The maximum Gasteiger partial charge on any atom is 0.311 e. The Kier molecular flexibility index (Phi) is 3.39. The lowest BCUT2D eigenvalue weighted by molar-refractivity contribution is -0.139. The number of rotatable bonds is 3. The van der Waals surface area contributed by atoms with Crippen molar-refractivity contribution in [2.24, 2.45) is 0 Å². The molecule has 0 bridgehead atoms. The highest BCUT2D eigenvalue weighted by atomic mass is 16.4. The topological polar surface area (TPSA) is 54.4 Å².